The van der Waals surface area contributed by atoms with Gasteiger partial charge in [-0.25, -0.2) is 0 Å². The molecule has 0 saturated carbocycles. The van der Waals surface area contributed by atoms with Crippen LogP contribution in [0.1, 0.15) is 25.1 Å². The minimum absolute atomic E-state index is 0.162. The maximum Gasteiger partial charge on any atom is 0.277 e. The van der Waals surface area contributed by atoms with Gasteiger partial charge >= 0.3 is 0 Å². The fourth-order valence-corrected chi connectivity index (χ4v) is 4.17. The predicted octanol–water partition coefficient (Wildman–Crippen LogP) is 2.44. The molecular formula is C16H20N2O2S. The molecule has 1 fully saturated rings. The Morgan fingerprint density at radius 2 is 1.81 bits per heavy atom. The predicted molar refractivity (Wildman–Crippen MR) is 83.5 cm³/mol. The molecule has 112 valence electrons. The van der Waals surface area contributed by atoms with Crippen molar-refractivity contribution >= 4 is 28.7 Å². The number of hydrogen-bond donors (Lipinski definition) is 0. The number of carbonyl (C=O) groups is 2. The first-order chi connectivity index (χ1) is 9.99. The third kappa shape index (κ3) is 2.39. The highest BCUT2D eigenvalue weighted by Crippen LogP contribution is 2.35. The molecule has 0 bridgehead atoms. The lowest BCUT2D eigenvalue weighted by atomic mass is 9.91. The lowest BCUT2D eigenvalue weighted by molar-refractivity contribution is -0.136. The number of amides is 2. The fraction of sp³-hybridized carbons (Fsp3) is 0.500. The molecule has 4 nitrogen and oxygen atoms in total. The van der Waals surface area contributed by atoms with E-state index >= 15 is 0 Å². The number of thiophene rings is 1. The zero-order valence-electron chi connectivity index (χ0n) is 12.6. The van der Waals surface area contributed by atoms with Gasteiger partial charge in [-0.1, -0.05) is 19.9 Å². The Bertz CT molecular complexity index is 596. The van der Waals surface area contributed by atoms with Crippen molar-refractivity contribution in [3.05, 3.63) is 28.1 Å². The van der Waals surface area contributed by atoms with E-state index in [4.69, 9.17) is 0 Å². The van der Waals surface area contributed by atoms with Crippen molar-refractivity contribution in [3.63, 3.8) is 0 Å². The van der Waals surface area contributed by atoms with Crippen LogP contribution in [0.2, 0.25) is 0 Å². The number of hydrogen-bond acceptors (Lipinski definition) is 4. The number of nitrogens with zero attached hydrogens (tertiary/aromatic N) is 2. The zero-order valence-corrected chi connectivity index (χ0v) is 13.4. The van der Waals surface area contributed by atoms with Crippen LogP contribution in [-0.2, 0) is 9.59 Å². The first-order valence-electron chi connectivity index (χ1n) is 7.34. The molecule has 5 heteroatoms. The minimum Gasteiger partial charge on any atom is -0.366 e. The highest BCUT2D eigenvalue weighted by Gasteiger charge is 2.41. The zero-order chi connectivity index (χ0) is 15.1. The van der Waals surface area contributed by atoms with E-state index in [0.717, 1.165) is 18.0 Å². The summed E-state index contributed by atoms with van der Waals surface area (Å²) in [5.41, 5.74) is 1.18. The number of likely N-dealkylation sites (tertiary alicyclic amines) is 1. The SMILES string of the molecule is CC1CC(C)CN(C2=C(c3cccs3)C(=O)N(C)C2=O)C1. The molecule has 2 unspecified atom stereocenters. The average molecular weight is 304 g/mol. The Balaban J connectivity index is 2.06. The van der Waals surface area contributed by atoms with Gasteiger partial charge in [0.2, 0.25) is 0 Å². The van der Waals surface area contributed by atoms with Crippen molar-refractivity contribution in [2.75, 3.05) is 20.1 Å². The molecule has 2 amide bonds. The molecule has 0 aromatic carbocycles. The fourth-order valence-electron chi connectivity index (χ4n) is 3.41. The molecule has 0 N–H and O–H groups in total. The Labute approximate surface area is 129 Å². The summed E-state index contributed by atoms with van der Waals surface area (Å²) in [5, 5.41) is 1.94. The van der Waals surface area contributed by atoms with Crippen LogP contribution in [0.5, 0.6) is 0 Å². The van der Waals surface area contributed by atoms with Gasteiger partial charge in [-0.2, -0.15) is 0 Å². The Morgan fingerprint density at radius 1 is 1.14 bits per heavy atom. The van der Waals surface area contributed by atoms with Crippen LogP contribution in [0.3, 0.4) is 0 Å². The van der Waals surface area contributed by atoms with Gasteiger partial charge in [-0.3, -0.25) is 14.5 Å². The van der Waals surface area contributed by atoms with Crippen molar-refractivity contribution < 1.29 is 9.59 Å². The Kier molecular flexibility index (Phi) is 3.61. The summed E-state index contributed by atoms with van der Waals surface area (Å²) in [6.45, 7) is 6.11. The van der Waals surface area contributed by atoms with Crippen LogP contribution in [0.4, 0.5) is 0 Å². The van der Waals surface area contributed by atoms with Crippen molar-refractivity contribution in [3.8, 4) is 0 Å². The molecule has 21 heavy (non-hydrogen) atoms. The first-order valence-corrected chi connectivity index (χ1v) is 8.22. The number of rotatable bonds is 2. The van der Waals surface area contributed by atoms with E-state index < -0.39 is 0 Å². The van der Waals surface area contributed by atoms with Crippen molar-refractivity contribution in [1.29, 1.82) is 0 Å². The molecule has 1 aromatic rings. The van der Waals surface area contributed by atoms with Gasteiger partial charge in [-0.05, 0) is 29.7 Å². The van der Waals surface area contributed by atoms with Gasteiger partial charge in [0.15, 0.2) is 0 Å². The monoisotopic (exact) mass is 304 g/mol. The van der Waals surface area contributed by atoms with Crippen LogP contribution in [0, 0.1) is 11.8 Å². The summed E-state index contributed by atoms with van der Waals surface area (Å²) >= 11 is 1.51. The molecule has 3 rings (SSSR count). The van der Waals surface area contributed by atoms with E-state index in [-0.39, 0.29) is 11.8 Å². The summed E-state index contributed by atoms with van der Waals surface area (Å²) < 4.78 is 0. The van der Waals surface area contributed by atoms with Gasteiger partial charge in [-0.15, -0.1) is 11.3 Å². The first kappa shape index (κ1) is 14.3. The molecule has 1 aromatic heterocycles. The van der Waals surface area contributed by atoms with Crippen LogP contribution in [0.15, 0.2) is 23.2 Å². The van der Waals surface area contributed by atoms with E-state index in [0.29, 0.717) is 23.1 Å². The third-order valence-corrected chi connectivity index (χ3v) is 5.10. The lowest BCUT2D eigenvalue weighted by Gasteiger charge is -2.36. The van der Waals surface area contributed by atoms with E-state index in [2.05, 4.69) is 18.7 Å². The average Bonchev–Trinajstić information content (AvgIpc) is 3.00. The molecule has 0 spiro atoms. The number of carbonyl (C=O) groups excluding carboxylic acids is 2. The van der Waals surface area contributed by atoms with E-state index in [1.165, 1.54) is 22.7 Å². The van der Waals surface area contributed by atoms with Gasteiger partial charge in [0, 0.05) is 25.0 Å². The third-order valence-electron chi connectivity index (χ3n) is 4.22. The van der Waals surface area contributed by atoms with Gasteiger partial charge < -0.3 is 4.90 Å². The van der Waals surface area contributed by atoms with Crippen LogP contribution < -0.4 is 0 Å². The quantitative estimate of drug-likeness (QED) is 0.788. The van der Waals surface area contributed by atoms with Crippen molar-refractivity contribution in [1.82, 2.24) is 9.80 Å². The molecule has 2 aliphatic rings. The van der Waals surface area contributed by atoms with E-state index in [9.17, 15) is 9.59 Å². The maximum atomic E-state index is 12.5. The Morgan fingerprint density at radius 3 is 2.38 bits per heavy atom. The Hall–Kier alpha value is -1.62. The van der Waals surface area contributed by atoms with Crippen LogP contribution in [0.25, 0.3) is 5.57 Å². The maximum absolute atomic E-state index is 12.5. The van der Waals surface area contributed by atoms with Crippen molar-refractivity contribution in [2.45, 2.75) is 20.3 Å². The van der Waals surface area contributed by atoms with Crippen molar-refractivity contribution in [2.24, 2.45) is 11.8 Å². The molecule has 2 aliphatic heterocycles. The minimum atomic E-state index is -0.177. The van der Waals surface area contributed by atoms with Crippen LogP contribution >= 0.6 is 11.3 Å². The summed E-state index contributed by atoms with van der Waals surface area (Å²) in [7, 11) is 1.57. The second kappa shape index (κ2) is 5.30. The van der Waals surface area contributed by atoms with E-state index in [1.54, 1.807) is 7.05 Å². The number of piperidine rings is 1. The molecule has 0 radical (unpaired) electrons. The van der Waals surface area contributed by atoms with Gasteiger partial charge in [0.25, 0.3) is 11.8 Å². The lowest BCUT2D eigenvalue weighted by Crippen LogP contribution is -2.41. The van der Waals surface area contributed by atoms with Crippen LogP contribution in [-0.4, -0.2) is 41.8 Å². The molecule has 1 saturated heterocycles. The highest BCUT2D eigenvalue weighted by atomic mass is 32.1. The second-order valence-corrected chi connectivity index (χ2v) is 7.17. The highest BCUT2D eigenvalue weighted by molar-refractivity contribution is 7.11. The van der Waals surface area contributed by atoms with Gasteiger partial charge in [0.05, 0.1) is 5.57 Å². The number of imide groups is 1. The summed E-state index contributed by atoms with van der Waals surface area (Å²) in [5.74, 6) is 0.743. The van der Waals surface area contributed by atoms with Gasteiger partial charge in [0.1, 0.15) is 5.70 Å². The van der Waals surface area contributed by atoms with E-state index in [1.807, 2.05) is 17.5 Å². The number of likely N-dealkylation sites (N-methyl/N-ethyl adjacent to an activating group) is 1. The normalized spacial score (nSPS) is 27.0. The summed E-state index contributed by atoms with van der Waals surface area (Å²) in [6.07, 6.45) is 1.18. The molecule has 3 heterocycles. The molecule has 0 aliphatic carbocycles. The summed E-state index contributed by atoms with van der Waals surface area (Å²) in [6, 6.07) is 3.84. The largest absolute Gasteiger partial charge is 0.366 e. The topological polar surface area (TPSA) is 40.6 Å². The molecular weight excluding hydrogens is 284 g/mol. The second-order valence-electron chi connectivity index (χ2n) is 6.22. The standard InChI is InChI=1S/C16H20N2O2S/c1-10-7-11(2)9-18(8-10)14-13(12-5-4-6-21-12)15(19)17(3)16(14)20/h4-6,10-11H,7-9H2,1-3H3. The summed E-state index contributed by atoms with van der Waals surface area (Å²) in [4.78, 5) is 29.3. The smallest absolute Gasteiger partial charge is 0.277 e. The molecule has 2 atom stereocenters.